The van der Waals surface area contributed by atoms with Crippen LogP contribution in [-0.4, -0.2) is 48.9 Å². The molecule has 0 amide bonds. The van der Waals surface area contributed by atoms with Gasteiger partial charge in [-0.05, 0) is 0 Å². The normalized spacial score (nSPS) is 10.2. The number of hydrogen-bond acceptors (Lipinski definition) is 6. The van der Waals surface area contributed by atoms with Gasteiger partial charge in [0.05, 0.1) is 25.0 Å². The first kappa shape index (κ1) is 15.4. The van der Waals surface area contributed by atoms with Crippen LogP contribution in [0.3, 0.4) is 0 Å². The van der Waals surface area contributed by atoms with Gasteiger partial charge in [0.1, 0.15) is 0 Å². The summed E-state index contributed by atoms with van der Waals surface area (Å²) in [6.45, 7) is 1.60. The van der Waals surface area contributed by atoms with E-state index in [1.54, 1.807) is 7.11 Å². The Kier molecular flexibility index (Phi) is 6.23. The van der Waals surface area contributed by atoms with Gasteiger partial charge in [0.15, 0.2) is 5.82 Å². The zero-order valence-electron chi connectivity index (χ0n) is 11.0. The number of H-pyrrole nitrogens is 1. The molecule has 0 saturated carbocycles. The van der Waals surface area contributed by atoms with Crippen molar-refractivity contribution in [3.63, 3.8) is 0 Å². The first-order valence-electron chi connectivity index (χ1n) is 5.74. The third kappa shape index (κ3) is 4.49. The fourth-order valence-electron chi connectivity index (χ4n) is 1.56. The third-order valence-electron chi connectivity index (χ3n) is 2.49. The molecule has 0 spiro atoms. The van der Waals surface area contributed by atoms with E-state index in [0.717, 1.165) is 0 Å². The van der Waals surface area contributed by atoms with Crippen molar-refractivity contribution < 1.29 is 9.47 Å². The maximum atomic E-state index is 11.7. The quantitative estimate of drug-likeness (QED) is 0.645. The maximum absolute atomic E-state index is 11.7. The van der Waals surface area contributed by atoms with Gasteiger partial charge in [-0.15, -0.1) is 0 Å². The number of anilines is 1. The maximum Gasteiger partial charge on any atom is 0.295 e. The van der Waals surface area contributed by atoms with Gasteiger partial charge >= 0.3 is 0 Å². The van der Waals surface area contributed by atoms with E-state index in [0.29, 0.717) is 36.9 Å². The van der Waals surface area contributed by atoms with Crippen molar-refractivity contribution in [2.75, 3.05) is 38.8 Å². The second-order valence-electron chi connectivity index (χ2n) is 3.78. The highest BCUT2D eigenvalue weighted by molar-refractivity contribution is 7.80. The van der Waals surface area contributed by atoms with Gasteiger partial charge in [0.25, 0.3) is 5.56 Å². The van der Waals surface area contributed by atoms with Crippen LogP contribution in [0.5, 0.6) is 5.75 Å². The summed E-state index contributed by atoms with van der Waals surface area (Å²) in [5, 5.41) is 0. The van der Waals surface area contributed by atoms with Gasteiger partial charge in [-0.25, -0.2) is 4.98 Å². The van der Waals surface area contributed by atoms with Crippen molar-refractivity contribution in [2.45, 2.75) is 6.42 Å². The molecule has 0 bridgehead atoms. The lowest BCUT2D eigenvalue weighted by molar-refractivity contribution is 0.205. The summed E-state index contributed by atoms with van der Waals surface area (Å²) >= 11 is 4.86. The number of hydrogen-bond donors (Lipinski definition) is 2. The molecule has 0 aliphatic rings. The molecular weight excluding hydrogens is 268 g/mol. The number of methoxy groups -OCH3 is 2. The van der Waals surface area contributed by atoms with Crippen LogP contribution in [0.25, 0.3) is 0 Å². The lowest BCUT2D eigenvalue weighted by Crippen LogP contribution is -2.33. The molecule has 0 atom stereocenters. The van der Waals surface area contributed by atoms with Crippen molar-refractivity contribution >= 4 is 23.0 Å². The predicted octanol–water partition coefficient (Wildman–Crippen LogP) is -0.0925. The smallest absolute Gasteiger partial charge is 0.295 e. The van der Waals surface area contributed by atoms with Crippen molar-refractivity contribution in [1.82, 2.24) is 9.97 Å². The lowest BCUT2D eigenvalue weighted by Gasteiger charge is -2.24. The molecule has 19 heavy (non-hydrogen) atoms. The van der Waals surface area contributed by atoms with Gasteiger partial charge in [0.2, 0.25) is 5.75 Å². The SMILES string of the molecule is COCCN(CCC(N)=S)c1nc[nH]c(=O)c1OC. The average Bonchev–Trinajstić information content (AvgIpc) is 2.38. The summed E-state index contributed by atoms with van der Waals surface area (Å²) in [7, 11) is 3.03. The van der Waals surface area contributed by atoms with Crippen LogP contribution in [0, 0.1) is 0 Å². The molecule has 0 fully saturated rings. The lowest BCUT2D eigenvalue weighted by atomic mass is 10.3. The highest BCUT2D eigenvalue weighted by atomic mass is 32.1. The zero-order chi connectivity index (χ0) is 14.3. The molecule has 7 nitrogen and oxygen atoms in total. The molecule has 0 saturated heterocycles. The standard InChI is InChI=1S/C11H18N4O3S/c1-17-6-5-15(4-3-8(12)19)10-9(18-2)11(16)14-7-13-10/h7H,3-6H2,1-2H3,(H2,12,19)(H,13,14,16). The molecule has 0 aromatic carbocycles. The molecule has 0 aliphatic carbocycles. The van der Waals surface area contributed by atoms with Gasteiger partial charge in [-0.1, -0.05) is 12.2 Å². The number of nitrogens with two attached hydrogens (primary N) is 1. The van der Waals surface area contributed by atoms with Crippen molar-refractivity contribution in [3.8, 4) is 5.75 Å². The summed E-state index contributed by atoms with van der Waals surface area (Å²) in [6, 6.07) is 0. The van der Waals surface area contributed by atoms with Crippen LogP contribution in [0.15, 0.2) is 11.1 Å². The molecular formula is C11H18N4O3S. The van der Waals surface area contributed by atoms with Crippen LogP contribution in [0.2, 0.25) is 0 Å². The number of aromatic nitrogens is 2. The van der Waals surface area contributed by atoms with E-state index in [1.165, 1.54) is 13.4 Å². The van der Waals surface area contributed by atoms with Crippen molar-refractivity contribution in [3.05, 3.63) is 16.7 Å². The van der Waals surface area contributed by atoms with Crippen LogP contribution >= 0.6 is 12.2 Å². The molecule has 106 valence electrons. The molecule has 0 radical (unpaired) electrons. The van der Waals surface area contributed by atoms with Gasteiger partial charge in [-0.2, -0.15) is 0 Å². The average molecular weight is 286 g/mol. The van der Waals surface area contributed by atoms with Crippen LogP contribution in [0.4, 0.5) is 5.82 Å². The Labute approximate surface area is 116 Å². The minimum atomic E-state index is -0.328. The number of rotatable bonds is 8. The van der Waals surface area contributed by atoms with Crippen LogP contribution < -0.4 is 20.9 Å². The Bertz CT molecular complexity index is 477. The highest BCUT2D eigenvalue weighted by Crippen LogP contribution is 2.20. The van der Waals surface area contributed by atoms with E-state index < -0.39 is 0 Å². The van der Waals surface area contributed by atoms with Crippen molar-refractivity contribution in [1.29, 1.82) is 0 Å². The number of aromatic amines is 1. The molecule has 1 heterocycles. The topological polar surface area (TPSA) is 93.5 Å². The Morgan fingerprint density at radius 1 is 1.53 bits per heavy atom. The number of thiocarbonyl (C=S) groups is 1. The van der Waals surface area contributed by atoms with E-state index in [1.807, 2.05) is 4.90 Å². The molecule has 1 rings (SSSR count). The summed E-state index contributed by atoms with van der Waals surface area (Å²) in [5.74, 6) is 0.626. The summed E-state index contributed by atoms with van der Waals surface area (Å²) in [6.07, 6.45) is 1.86. The summed E-state index contributed by atoms with van der Waals surface area (Å²) in [5.41, 5.74) is 5.17. The number of ether oxygens (including phenoxy) is 2. The zero-order valence-corrected chi connectivity index (χ0v) is 11.8. The summed E-state index contributed by atoms with van der Waals surface area (Å²) in [4.78, 5) is 20.5. The monoisotopic (exact) mass is 286 g/mol. The second kappa shape index (κ2) is 7.70. The Balaban J connectivity index is 2.98. The van der Waals surface area contributed by atoms with Gasteiger partial charge < -0.3 is 25.1 Å². The third-order valence-corrected chi connectivity index (χ3v) is 2.69. The fraction of sp³-hybridized carbons (Fsp3) is 0.545. The predicted molar refractivity (Wildman–Crippen MR) is 76.9 cm³/mol. The first-order chi connectivity index (χ1) is 9.10. The molecule has 1 aromatic heterocycles. The van der Waals surface area contributed by atoms with E-state index in [9.17, 15) is 4.79 Å². The minimum absolute atomic E-state index is 0.168. The Hall–Kier alpha value is -1.67. The highest BCUT2D eigenvalue weighted by Gasteiger charge is 2.16. The van der Waals surface area contributed by atoms with Crippen molar-refractivity contribution in [2.24, 2.45) is 5.73 Å². The molecule has 0 aliphatic heterocycles. The summed E-state index contributed by atoms with van der Waals surface area (Å²) < 4.78 is 10.1. The molecule has 8 heteroatoms. The van der Waals surface area contributed by atoms with Crippen LogP contribution in [-0.2, 0) is 4.74 Å². The first-order valence-corrected chi connectivity index (χ1v) is 6.14. The molecule has 1 aromatic rings. The van der Waals surface area contributed by atoms with E-state index in [4.69, 9.17) is 27.4 Å². The Morgan fingerprint density at radius 2 is 2.26 bits per heavy atom. The van der Waals surface area contributed by atoms with E-state index in [-0.39, 0.29) is 11.3 Å². The van der Waals surface area contributed by atoms with E-state index in [2.05, 4.69) is 9.97 Å². The number of nitrogens with one attached hydrogen (secondary N) is 1. The second-order valence-corrected chi connectivity index (χ2v) is 4.31. The largest absolute Gasteiger partial charge is 0.489 e. The number of nitrogens with zero attached hydrogens (tertiary/aromatic N) is 2. The van der Waals surface area contributed by atoms with Crippen LogP contribution in [0.1, 0.15) is 6.42 Å². The van der Waals surface area contributed by atoms with E-state index >= 15 is 0 Å². The molecule has 0 unspecified atom stereocenters. The fourth-order valence-corrected chi connectivity index (χ4v) is 1.65. The van der Waals surface area contributed by atoms with Gasteiger partial charge in [0, 0.05) is 26.6 Å². The Morgan fingerprint density at radius 3 is 2.84 bits per heavy atom. The minimum Gasteiger partial charge on any atom is -0.489 e. The van der Waals surface area contributed by atoms with Gasteiger partial charge in [-0.3, -0.25) is 4.79 Å². The molecule has 3 N–H and O–H groups in total.